The van der Waals surface area contributed by atoms with Gasteiger partial charge in [0.25, 0.3) is 7.82 Å². The molecule has 0 N–H and O–H groups in total. The molecule has 8 nitrogen and oxygen atoms in total. The Morgan fingerprint density at radius 3 is 1.42 bits per heavy atom. The summed E-state index contributed by atoms with van der Waals surface area (Å²) in [6.07, 6.45) is 55.4. The maximum absolute atomic E-state index is 12.7. The monoisotopic (exact) mass is 814 g/mol. The second-order valence-electron chi connectivity index (χ2n) is 14.9. The summed E-state index contributed by atoms with van der Waals surface area (Å²) in [5.41, 5.74) is 0. The molecule has 0 bridgehead atoms. The Morgan fingerprint density at radius 1 is 0.544 bits per heavy atom. The van der Waals surface area contributed by atoms with Crippen molar-refractivity contribution in [3.8, 4) is 0 Å². The van der Waals surface area contributed by atoms with Crippen molar-refractivity contribution in [2.24, 2.45) is 0 Å². The summed E-state index contributed by atoms with van der Waals surface area (Å²) < 4.78 is 34.5. The lowest BCUT2D eigenvalue weighted by Crippen LogP contribution is -2.37. The third-order valence-corrected chi connectivity index (χ3v) is 9.28. The number of allylic oxidation sites excluding steroid dienone is 18. The lowest BCUT2D eigenvalue weighted by Gasteiger charge is -2.28. The minimum Gasteiger partial charge on any atom is -0.756 e. The molecular formula is C48H80NO7P. The second-order valence-corrected chi connectivity index (χ2v) is 16.3. The van der Waals surface area contributed by atoms with Gasteiger partial charge in [-0.3, -0.25) is 9.36 Å². The number of phosphoric ester groups is 1. The molecule has 0 spiro atoms. The van der Waals surface area contributed by atoms with E-state index in [0.29, 0.717) is 24.1 Å². The number of hydrogen-bond donors (Lipinski definition) is 0. The van der Waals surface area contributed by atoms with Crippen molar-refractivity contribution in [2.75, 3.05) is 54.1 Å². The van der Waals surface area contributed by atoms with Gasteiger partial charge in [0.05, 0.1) is 34.4 Å². The van der Waals surface area contributed by atoms with E-state index in [2.05, 4.69) is 123 Å². The molecule has 9 heteroatoms. The molecule has 0 aromatic carbocycles. The van der Waals surface area contributed by atoms with E-state index in [1.165, 1.54) is 0 Å². The molecule has 0 fully saturated rings. The average molecular weight is 814 g/mol. The van der Waals surface area contributed by atoms with E-state index in [0.717, 1.165) is 103 Å². The molecule has 0 heterocycles. The summed E-state index contributed by atoms with van der Waals surface area (Å²) in [6.45, 7) is 5.02. The number of carbonyl (C=O) groups excluding carboxylic acids is 1. The normalized spacial score (nSPS) is 14.8. The molecule has 57 heavy (non-hydrogen) atoms. The van der Waals surface area contributed by atoms with Crippen molar-refractivity contribution in [2.45, 2.75) is 136 Å². The number of likely N-dealkylation sites (N-methyl/N-ethyl adjacent to an activating group) is 1. The number of esters is 1. The van der Waals surface area contributed by atoms with Gasteiger partial charge in [0.15, 0.2) is 0 Å². The van der Waals surface area contributed by atoms with E-state index in [1.54, 1.807) is 0 Å². The number of carbonyl (C=O) groups is 1. The van der Waals surface area contributed by atoms with Crippen molar-refractivity contribution >= 4 is 13.8 Å². The van der Waals surface area contributed by atoms with Crippen molar-refractivity contribution in [3.63, 3.8) is 0 Å². The first-order valence-corrected chi connectivity index (χ1v) is 23.1. The van der Waals surface area contributed by atoms with Crippen LogP contribution >= 0.6 is 7.82 Å². The van der Waals surface area contributed by atoms with Crippen molar-refractivity contribution in [1.82, 2.24) is 0 Å². The molecule has 324 valence electrons. The molecule has 0 radical (unpaired) electrons. The van der Waals surface area contributed by atoms with Crippen LogP contribution in [0.4, 0.5) is 0 Å². The number of unbranched alkanes of at least 4 members (excludes halogenated alkanes) is 6. The molecule has 2 unspecified atom stereocenters. The van der Waals surface area contributed by atoms with Gasteiger partial charge < -0.3 is 27.9 Å². The fourth-order valence-corrected chi connectivity index (χ4v) is 5.76. The number of quaternary nitrogens is 1. The van der Waals surface area contributed by atoms with Crippen LogP contribution in [0.25, 0.3) is 0 Å². The zero-order chi connectivity index (χ0) is 42.0. The topological polar surface area (TPSA) is 94.1 Å². The van der Waals surface area contributed by atoms with E-state index in [-0.39, 0.29) is 26.2 Å². The number of phosphoric acid groups is 1. The van der Waals surface area contributed by atoms with Gasteiger partial charge in [-0.15, -0.1) is 0 Å². The molecule has 0 amide bonds. The Morgan fingerprint density at radius 2 is 0.965 bits per heavy atom. The Hall–Kier alpha value is -2.84. The van der Waals surface area contributed by atoms with Crippen LogP contribution in [0.5, 0.6) is 0 Å². The smallest absolute Gasteiger partial charge is 0.306 e. The number of ether oxygens (including phenoxy) is 2. The van der Waals surface area contributed by atoms with Crippen molar-refractivity contribution in [3.05, 3.63) is 109 Å². The largest absolute Gasteiger partial charge is 0.756 e. The highest BCUT2D eigenvalue weighted by Crippen LogP contribution is 2.38. The number of rotatable bonds is 38. The minimum absolute atomic E-state index is 0.00573. The standard InChI is InChI=1S/C48H80NO7P/c1-6-8-10-12-14-16-18-20-22-23-24-25-26-27-28-29-31-33-35-37-39-41-48(50)56-47(46-55-57(51,52)54-44-42-49(3,4)5)45-53-43-40-38-36-34-32-30-21-19-17-15-13-11-9-7-2/h8-11,14-17,20-22,24-25,27-28,30-31,33,47H,6-7,12-13,18-19,23,26,29,32,34-46H2,1-5H3/b10-8-,11-9-,16-14-,17-15-,22-20-,25-24-,28-27-,30-21-,33-31-. The van der Waals surface area contributed by atoms with Gasteiger partial charge in [0, 0.05) is 13.0 Å². The van der Waals surface area contributed by atoms with E-state index in [9.17, 15) is 14.3 Å². The van der Waals surface area contributed by atoms with Gasteiger partial charge in [-0.2, -0.15) is 0 Å². The third-order valence-electron chi connectivity index (χ3n) is 8.32. The summed E-state index contributed by atoms with van der Waals surface area (Å²) in [5, 5.41) is 0. The molecule has 0 aromatic rings. The maximum Gasteiger partial charge on any atom is 0.306 e. The molecular weight excluding hydrogens is 734 g/mol. The van der Waals surface area contributed by atoms with Crippen LogP contribution in [0.1, 0.15) is 129 Å². The summed E-state index contributed by atoms with van der Waals surface area (Å²) in [7, 11) is 1.29. The fourth-order valence-electron chi connectivity index (χ4n) is 5.03. The first-order valence-electron chi connectivity index (χ1n) is 21.6. The summed E-state index contributed by atoms with van der Waals surface area (Å²) >= 11 is 0. The molecule has 2 atom stereocenters. The highest BCUT2D eigenvalue weighted by Gasteiger charge is 2.20. The van der Waals surface area contributed by atoms with Gasteiger partial charge in [0.1, 0.15) is 19.3 Å². The third kappa shape index (κ3) is 44.1. The summed E-state index contributed by atoms with van der Waals surface area (Å²) in [4.78, 5) is 25.0. The van der Waals surface area contributed by atoms with Crippen LogP contribution in [0.15, 0.2) is 109 Å². The first-order chi connectivity index (χ1) is 27.6. The number of hydrogen-bond acceptors (Lipinski definition) is 7. The van der Waals surface area contributed by atoms with Crippen LogP contribution in [0.3, 0.4) is 0 Å². The maximum atomic E-state index is 12.7. The molecule has 0 aliphatic carbocycles. The number of nitrogens with zero attached hydrogens (tertiary/aromatic N) is 1. The van der Waals surface area contributed by atoms with Gasteiger partial charge in [0.2, 0.25) is 0 Å². The van der Waals surface area contributed by atoms with Gasteiger partial charge in [-0.1, -0.05) is 136 Å². The van der Waals surface area contributed by atoms with Crippen molar-refractivity contribution < 1.29 is 37.3 Å². The average Bonchev–Trinajstić information content (AvgIpc) is 3.16. The van der Waals surface area contributed by atoms with E-state index < -0.39 is 19.9 Å². The molecule has 0 saturated heterocycles. The molecule has 0 rings (SSSR count). The van der Waals surface area contributed by atoms with E-state index in [4.69, 9.17) is 18.5 Å². The first kappa shape index (κ1) is 54.2. The SMILES string of the molecule is CC/C=C\C/C=C\C/C=C\C/C=C\C/C=C\C/C=C\CCCCC(=O)OC(COCCCCCC/C=C\C/C=C\C/C=C\CC)COP(=O)([O-])OCC[N+](C)(C)C. The Balaban J connectivity index is 4.40. The van der Waals surface area contributed by atoms with Crippen LogP contribution in [0, 0.1) is 0 Å². The predicted octanol–water partition coefficient (Wildman–Crippen LogP) is 12.2. The Kier molecular flexibility index (Phi) is 38.0. The van der Waals surface area contributed by atoms with Gasteiger partial charge in [-0.25, -0.2) is 0 Å². The van der Waals surface area contributed by atoms with Crippen LogP contribution in [-0.4, -0.2) is 70.7 Å². The van der Waals surface area contributed by atoms with Crippen LogP contribution in [0.2, 0.25) is 0 Å². The summed E-state index contributed by atoms with van der Waals surface area (Å²) in [5.74, 6) is -0.390. The molecule has 0 aliphatic heterocycles. The lowest BCUT2D eigenvalue weighted by atomic mass is 10.1. The fraction of sp³-hybridized carbons (Fsp3) is 0.604. The van der Waals surface area contributed by atoms with Crippen LogP contribution in [-0.2, 0) is 27.9 Å². The summed E-state index contributed by atoms with van der Waals surface area (Å²) in [6, 6.07) is 0. The van der Waals surface area contributed by atoms with Gasteiger partial charge >= 0.3 is 5.97 Å². The van der Waals surface area contributed by atoms with Gasteiger partial charge in [-0.05, 0) is 96.3 Å². The lowest BCUT2D eigenvalue weighted by molar-refractivity contribution is -0.870. The quantitative estimate of drug-likeness (QED) is 0.0201. The predicted molar refractivity (Wildman–Crippen MR) is 240 cm³/mol. The van der Waals surface area contributed by atoms with Crippen LogP contribution < -0.4 is 4.89 Å². The molecule has 0 saturated carbocycles. The highest BCUT2D eigenvalue weighted by atomic mass is 31.2. The minimum atomic E-state index is -4.55. The highest BCUT2D eigenvalue weighted by molar-refractivity contribution is 7.45. The molecule has 0 aromatic heterocycles. The van der Waals surface area contributed by atoms with Crippen molar-refractivity contribution in [1.29, 1.82) is 0 Å². The molecule has 0 aliphatic rings. The van der Waals surface area contributed by atoms with E-state index >= 15 is 0 Å². The zero-order valence-corrected chi connectivity index (χ0v) is 37.4. The second kappa shape index (κ2) is 40.0. The Bertz CT molecular complexity index is 1270. The van der Waals surface area contributed by atoms with E-state index in [1.807, 2.05) is 21.1 Å². The Labute approximate surface area is 349 Å². The zero-order valence-electron chi connectivity index (χ0n) is 36.5.